The van der Waals surface area contributed by atoms with Crippen LogP contribution in [0, 0.1) is 0 Å². The lowest BCUT2D eigenvalue weighted by Crippen LogP contribution is -2.14. The van der Waals surface area contributed by atoms with E-state index in [1.54, 1.807) is 0 Å². The van der Waals surface area contributed by atoms with Gasteiger partial charge in [0, 0.05) is 27.1 Å². The van der Waals surface area contributed by atoms with Crippen LogP contribution in [0.15, 0.2) is 127 Å². The Bertz CT molecular complexity index is 1870. The van der Waals surface area contributed by atoms with E-state index in [1.807, 2.05) is 48.5 Å². The molecule has 40 heavy (non-hydrogen) atoms. The molecule has 0 saturated carbocycles. The molecule has 6 aromatic rings. The second-order valence-corrected chi connectivity index (χ2v) is 11.3. The third-order valence-electron chi connectivity index (χ3n) is 7.94. The van der Waals surface area contributed by atoms with Gasteiger partial charge in [-0.1, -0.05) is 123 Å². The molecule has 1 aliphatic rings. The highest BCUT2D eigenvalue weighted by atomic mass is 35.5. The molecule has 0 aliphatic heterocycles. The third-order valence-corrected chi connectivity index (χ3v) is 8.16. The fourth-order valence-electron chi connectivity index (χ4n) is 5.86. The Morgan fingerprint density at radius 1 is 0.475 bits per heavy atom. The van der Waals surface area contributed by atoms with E-state index in [0.29, 0.717) is 10.8 Å². The molecule has 1 aliphatic carbocycles. The monoisotopic (exact) mass is 534 g/mol. The molecule has 2 nitrogen and oxygen atoms in total. The van der Waals surface area contributed by atoms with E-state index < -0.39 is 0 Å². The summed E-state index contributed by atoms with van der Waals surface area (Å²) in [6.07, 6.45) is 0. The van der Waals surface area contributed by atoms with Crippen LogP contribution < -0.4 is 0 Å². The zero-order valence-electron chi connectivity index (χ0n) is 22.4. The van der Waals surface area contributed by atoms with Crippen LogP contribution in [0.5, 0.6) is 0 Å². The number of nitrogens with zero attached hydrogens (tertiary/aromatic N) is 2. The van der Waals surface area contributed by atoms with Crippen molar-refractivity contribution in [1.29, 1.82) is 0 Å². The standard InChI is InChI=1S/C37H27ClN2/c1-37(2)32-16-10-9-15-30(32)31-18-17-26(22-33(31)37)34-23-35(40-36(39-34)25-13-7-4-8-14-25)28-19-27(20-29(38)21-28)24-11-5-3-6-12-24/h3-23H,1-2H3. The summed E-state index contributed by atoms with van der Waals surface area (Å²) < 4.78 is 0. The van der Waals surface area contributed by atoms with Crippen LogP contribution >= 0.6 is 11.6 Å². The molecule has 0 amide bonds. The summed E-state index contributed by atoms with van der Waals surface area (Å²) in [4.78, 5) is 10.1. The predicted octanol–water partition coefficient (Wildman–Crippen LogP) is 10.1. The Hall–Kier alpha value is -4.53. The van der Waals surface area contributed by atoms with Crippen molar-refractivity contribution in [3.63, 3.8) is 0 Å². The summed E-state index contributed by atoms with van der Waals surface area (Å²) in [7, 11) is 0. The topological polar surface area (TPSA) is 25.8 Å². The maximum absolute atomic E-state index is 6.66. The molecule has 192 valence electrons. The SMILES string of the molecule is CC1(C)c2ccccc2-c2ccc(-c3cc(-c4cc(Cl)cc(-c5ccccc5)c4)nc(-c4ccccc4)n3)cc21. The Labute approximate surface area is 240 Å². The predicted molar refractivity (Wildman–Crippen MR) is 166 cm³/mol. The molecule has 0 fully saturated rings. The molecule has 0 saturated heterocycles. The van der Waals surface area contributed by atoms with Gasteiger partial charge in [0.25, 0.3) is 0 Å². The zero-order chi connectivity index (χ0) is 27.3. The van der Waals surface area contributed by atoms with Crippen LogP contribution in [-0.2, 0) is 5.41 Å². The second kappa shape index (κ2) is 9.59. The second-order valence-electron chi connectivity index (χ2n) is 10.9. The molecule has 0 radical (unpaired) electrons. The molecule has 0 N–H and O–H groups in total. The highest BCUT2D eigenvalue weighted by Crippen LogP contribution is 2.49. The zero-order valence-corrected chi connectivity index (χ0v) is 23.2. The summed E-state index contributed by atoms with van der Waals surface area (Å²) in [5.74, 6) is 0.692. The molecular weight excluding hydrogens is 508 g/mol. The van der Waals surface area contributed by atoms with Gasteiger partial charge in [-0.05, 0) is 63.7 Å². The average Bonchev–Trinajstić information content (AvgIpc) is 3.23. The molecule has 0 atom stereocenters. The lowest BCUT2D eigenvalue weighted by Gasteiger charge is -2.22. The number of benzene rings is 5. The molecule has 0 bridgehead atoms. The van der Waals surface area contributed by atoms with Crippen LogP contribution in [0.3, 0.4) is 0 Å². The van der Waals surface area contributed by atoms with Gasteiger partial charge in [0.15, 0.2) is 5.82 Å². The Morgan fingerprint density at radius 3 is 1.82 bits per heavy atom. The first kappa shape index (κ1) is 24.5. The van der Waals surface area contributed by atoms with E-state index in [0.717, 1.165) is 39.2 Å². The Kier molecular flexibility index (Phi) is 5.87. The minimum atomic E-state index is -0.0857. The first-order chi connectivity index (χ1) is 19.5. The van der Waals surface area contributed by atoms with Crippen molar-refractivity contribution in [3.8, 4) is 56.2 Å². The van der Waals surface area contributed by atoms with Gasteiger partial charge >= 0.3 is 0 Å². The van der Waals surface area contributed by atoms with E-state index >= 15 is 0 Å². The number of rotatable bonds is 4. The van der Waals surface area contributed by atoms with Gasteiger partial charge in [-0.25, -0.2) is 9.97 Å². The maximum atomic E-state index is 6.66. The summed E-state index contributed by atoms with van der Waals surface area (Å²) in [5.41, 5.74) is 12.1. The maximum Gasteiger partial charge on any atom is 0.160 e. The number of aromatic nitrogens is 2. The van der Waals surface area contributed by atoms with Crippen LogP contribution in [0.1, 0.15) is 25.0 Å². The van der Waals surface area contributed by atoms with E-state index in [-0.39, 0.29) is 5.41 Å². The minimum Gasteiger partial charge on any atom is -0.228 e. The van der Waals surface area contributed by atoms with Gasteiger partial charge in [-0.2, -0.15) is 0 Å². The largest absolute Gasteiger partial charge is 0.228 e. The number of hydrogen-bond donors (Lipinski definition) is 0. The number of fused-ring (bicyclic) bond motifs is 3. The Balaban J connectivity index is 1.41. The van der Waals surface area contributed by atoms with Crippen molar-refractivity contribution in [3.05, 3.63) is 144 Å². The first-order valence-corrected chi connectivity index (χ1v) is 13.9. The molecule has 0 spiro atoms. The van der Waals surface area contributed by atoms with Gasteiger partial charge < -0.3 is 0 Å². The quantitative estimate of drug-likeness (QED) is 0.225. The minimum absolute atomic E-state index is 0.0857. The molecule has 5 aromatic carbocycles. The fourth-order valence-corrected chi connectivity index (χ4v) is 6.09. The lowest BCUT2D eigenvalue weighted by atomic mass is 9.82. The van der Waals surface area contributed by atoms with Crippen LogP contribution in [0.25, 0.3) is 56.2 Å². The highest BCUT2D eigenvalue weighted by Gasteiger charge is 2.35. The van der Waals surface area contributed by atoms with Crippen molar-refractivity contribution >= 4 is 11.6 Å². The molecule has 1 aromatic heterocycles. The van der Waals surface area contributed by atoms with Crippen molar-refractivity contribution in [2.24, 2.45) is 0 Å². The lowest BCUT2D eigenvalue weighted by molar-refractivity contribution is 0.660. The first-order valence-electron chi connectivity index (χ1n) is 13.5. The van der Waals surface area contributed by atoms with Crippen LogP contribution in [0.2, 0.25) is 5.02 Å². The average molecular weight is 535 g/mol. The smallest absolute Gasteiger partial charge is 0.160 e. The van der Waals surface area contributed by atoms with E-state index in [9.17, 15) is 0 Å². The van der Waals surface area contributed by atoms with E-state index in [4.69, 9.17) is 21.6 Å². The molecule has 3 heteroatoms. The summed E-state index contributed by atoms with van der Waals surface area (Å²) in [6.45, 7) is 4.61. The van der Waals surface area contributed by atoms with E-state index in [2.05, 4.69) is 92.7 Å². The van der Waals surface area contributed by atoms with E-state index in [1.165, 1.54) is 22.3 Å². The molecule has 1 heterocycles. The molecule has 0 unspecified atom stereocenters. The number of halogens is 1. The summed E-state index contributed by atoms with van der Waals surface area (Å²) >= 11 is 6.66. The normalized spacial score (nSPS) is 13.1. The van der Waals surface area contributed by atoms with Crippen molar-refractivity contribution < 1.29 is 0 Å². The fraction of sp³-hybridized carbons (Fsp3) is 0.0811. The van der Waals surface area contributed by atoms with Crippen molar-refractivity contribution in [2.75, 3.05) is 0 Å². The van der Waals surface area contributed by atoms with Gasteiger partial charge in [0.2, 0.25) is 0 Å². The van der Waals surface area contributed by atoms with Crippen molar-refractivity contribution in [2.45, 2.75) is 19.3 Å². The van der Waals surface area contributed by atoms with Crippen LogP contribution in [-0.4, -0.2) is 9.97 Å². The Morgan fingerprint density at radius 2 is 1.07 bits per heavy atom. The summed E-state index contributed by atoms with van der Waals surface area (Å²) in [5, 5.41) is 0.676. The van der Waals surface area contributed by atoms with Crippen LogP contribution in [0.4, 0.5) is 0 Å². The van der Waals surface area contributed by atoms with Crippen molar-refractivity contribution in [1.82, 2.24) is 9.97 Å². The molecular formula is C37H27ClN2. The van der Waals surface area contributed by atoms with Gasteiger partial charge in [0.05, 0.1) is 11.4 Å². The van der Waals surface area contributed by atoms with Gasteiger partial charge in [-0.15, -0.1) is 0 Å². The number of hydrogen-bond acceptors (Lipinski definition) is 2. The van der Waals surface area contributed by atoms with Gasteiger partial charge in [0.1, 0.15) is 0 Å². The third kappa shape index (κ3) is 4.22. The summed E-state index contributed by atoms with van der Waals surface area (Å²) in [6, 6.07) is 44.2. The molecule has 7 rings (SSSR count). The highest BCUT2D eigenvalue weighted by molar-refractivity contribution is 6.31. The van der Waals surface area contributed by atoms with Gasteiger partial charge in [-0.3, -0.25) is 0 Å².